The number of hydrogen-bond donors (Lipinski definition) is 0. The third-order valence-corrected chi connectivity index (χ3v) is 2.87. The minimum Gasteiger partial charge on any atom is -0.468 e. The molecule has 13 heavy (non-hydrogen) atoms. The molecule has 1 heterocycles. The summed E-state index contributed by atoms with van der Waals surface area (Å²) in [5, 5.41) is 8.90. The predicted octanol–water partition coefficient (Wildman–Crippen LogP) is 2.77. The third kappa shape index (κ3) is 1.16. The summed E-state index contributed by atoms with van der Waals surface area (Å²) in [6.45, 7) is 4.36. The van der Waals surface area contributed by atoms with E-state index in [4.69, 9.17) is 9.68 Å². The molecule has 1 aliphatic rings. The van der Waals surface area contributed by atoms with Gasteiger partial charge in [-0.2, -0.15) is 5.26 Å². The molecule has 0 N–H and O–H groups in total. The first kappa shape index (κ1) is 8.37. The van der Waals surface area contributed by atoms with Crippen LogP contribution < -0.4 is 0 Å². The van der Waals surface area contributed by atoms with Gasteiger partial charge in [0.1, 0.15) is 18.1 Å². The molecule has 2 rings (SSSR count). The summed E-state index contributed by atoms with van der Waals surface area (Å²) in [7, 11) is 0. The first-order chi connectivity index (χ1) is 6.15. The first-order valence-corrected chi connectivity index (χ1v) is 4.66. The van der Waals surface area contributed by atoms with Crippen molar-refractivity contribution >= 4 is 0 Å². The van der Waals surface area contributed by atoms with Gasteiger partial charge in [0.05, 0.1) is 5.56 Å². The number of fused-ring (bicyclic) bond motifs is 1. The van der Waals surface area contributed by atoms with E-state index in [1.807, 2.05) is 0 Å². The second-order valence-corrected chi connectivity index (χ2v) is 4.30. The van der Waals surface area contributed by atoms with E-state index in [2.05, 4.69) is 19.9 Å². The van der Waals surface area contributed by atoms with Crippen molar-refractivity contribution in [2.24, 2.45) is 0 Å². The van der Waals surface area contributed by atoms with Gasteiger partial charge >= 0.3 is 0 Å². The van der Waals surface area contributed by atoms with E-state index in [-0.39, 0.29) is 5.41 Å². The monoisotopic (exact) mass is 175 g/mol. The smallest absolute Gasteiger partial charge is 0.109 e. The van der Waals surface area contributed by atoms with Gasteiger partial charge in [0, 0.05) is 12.0 Å². The molecule has 0 spiro atoms. The van der Waals surface area contributed by atoms with Gasteiger partial charge < -0.3 is 4.42 Å². The summed E-state index contributed by atoms with van der Waals surface area (Å²) >= 11 is 0. The quantitative estimate of drug-likeness (QED) is 0.608. The summed E-state index contributed by atoms with van der Waals surface area (Å²) in [6.07, 6.45) is 4.89. The van der Waals surface area contributed by atoms with Crippen LogP contribution in [0, 0.1) is 11.3 Å². The van der Waals surface area contributed by atoms with Gasteiger partial charge in [-0.05, 0) is 18.3 Å². The van der Waals surface area contributed by atoms with Gasteiger partial charge in [-0.25, -0.2) is 0 Å². The summed E-state index contributed by atoms with van der Waals surface area (Å²) in [4.78, 5) is 0. The Labute approximate surface area is 78.2 Å². The zero-order valence-electron chi connectivity index (χ0n) is 8.05. The molecule has 0 aliphatic heterocycles. The minimum atomic E-state index is 0.117. The number of furan rings is 1. The van der Waals surface area contributed by atoms with Crippen LogP contribution in [0.1, 0.15) is 43.6 Å². The van der Waals surface area contributed by atoms with Crippen LogP contribution in [0.5, 0.6) is 0 Å². The Morgan fingerprint density at radius 3 is 3.00 bits per heavy atom. The Hall–Kier alpha value is -1.23. The van der Waals surface area contributed by atoms with E-state index < -0.39 is 0 Å². The molecule has 1 aromatic heterocycles. The highest BCUT2D eigenvalue weighted by Crippen LogP contribution is 2.39. The average molecular weight is 175 g/mol. The summed E-state index contributed by atoms with van der Waals surface area (Å²) < 4.78 is 5.39. The Morgan fingerprint density at radius 2 is 2.31 bits per heavy atom. The van der Waals surface area contributed by atoms with Gasteiger partial charge in [0.15, 0.2) is 0 Å². The molecule has 2 heteroatoms. The van der Waals surface area contributed by atoms with Gasteiger partial charge in [-0.1, -0.05) is 13.8 Å². The molecule has 0 radical (unpaired) electrons. The highest BCUT2D eigenvalue weighted by atomic mass is 16.3. The van der Waals surface area contributed by atoms with Crippen LogP contribution in [0.15, 0.2) is 10.7 Å². The van der Waals surface area contributed by atoms with Crippen molar-refractivity contribution in [2.45, 2.75) is 38.5 Å². The zero-order valence-corrected chi connectivity index (χ0v) is 8.05. The van der Waals surface area contributed by atoms with E-state index in [1.54, 1.807) is 6.26 Å². The summed E-state index contributed by atoms with van der Waals surface area (Å²) in [5.41, 5.74) is 1.98. The van der Waals surface area contributed by atoms with Crippen molar-refractivity contribution in [3.05, 3.63) is 23.2 Å². The fourth-order valence-electron chi connectivity index (χ4n) is 2.22. The van der Waals surface area contributed by atoms with Crippen molar-refractivity contribution in [2.75, 3.05) is 0 Å². The fourth-order valence-corrected chi connectivity index (χ4v) is 2.22. The van der Waals surface area contributed by atoms with E-state index >= 15 is 0 Å². The first-order valence-electron chi connectivity index (χ1n) is 4.66. The maximum atomic E-state index is 8.90. The van der Waals surface area contributed by atoms with Gasteiger partial charge in [-0.3, -0.25) is 0 Å². The Balaban J connectivity index is 2.60. The van der Waals surface area contributed by atoms with Crippen molar-refractivity contribution in [1.29, 1.82) is 5.26 Å². The highest BCUT2D eigenvalue weighted by Gasteiger charge is 2.32. The fraction of sp³-hybridized carbons (Fsp3) is 0.545. The van der Waals surface area contributed by atoms with E-state index in [0.29, 0.717) is 0 Å². The maximum Gasteiger partial charge on any atom is 0.109 e. The average Bonchev–Trinajstić information content (AvgIpc) is 2.48. The molecule has 2 nitrogen and oxygen atoms in total. The molecule has 0 saturated heterocycles. The number of hydrogen-bond acceptors (Lipinski definition) is 2. The third-order valence-electron chi connectivity index (χ3n) is 2.87. The molecule has 0 unspecified atom stereocenters. The Kier molecular flexibility index (Phi) is 1.69. The molecule has 0 fully saturated rings. The van der Waals surface area contributed by atoms with E-state index in [1.165, 1.54) is 6.42 Å². The predicted molar refractivity (Wildman–Crippen MR) is 49.4 cm³/mol. The maximum absolute atomic E-state index is 8.90. The number of nitriles is 1. The molecule has 68 valence electrons. The number of rotatable bonds is 0. The number of aryl methyl sites for hydroxylation is 1. The molecule has 0 aromatic carbocycles. The SMILES string of the molecule is CC1(C)CCCc2occ(C#N)c21. The van der Waals surface area contributed by atoms with Crippen molar-refractivity contribution < 1.29 is 4.42 Å². The van der Waals surface area contributed by atoms with Crippen molar-refractivity contribution in [3.63, 3.8) is 0 Å². The Bertz CT molecular complexity index is 368. The van der Waals surface area contributed by atoms with E-state index in [0.717, 1.165) is 29.7 Å². The van der Waals surface area contributed by atoms with Gasteiger partial charge in [-0.15, -0.1) is 0 Å². The lowest BCUT2D eigenvalue weighted by atomic mass is 9.74. The standard InChI is InChI=1S/C11H13NO/c1-11(2)5-3-4-9-10(11)8(6-12)7-13-9/h7H,3-5H2,1-2H3. The lowest BCUT2D eigenvalue weighted by Gasteiger charge is -2.29. The molecule has 0 amide bonds. The van der Waals surface area contributed by atoms with Crippen LogP contribution in [-0.2, 0) is 11.8 Å². The van der Waals surface area contributed by atoms with Gasteiger partial charge in [0.25, 0.3) is 0 Å². The summed E-state index contributed by atoms with van der Waals surface area (Å²) in [5.74, 6) is 1.02. The molecular formula is C11H13NO. The van der Waals surface area contributed by atoms with Crippen LogP contribution in [0.3, 0.4) is 0 Å². The zero-order chi connectivity index (χ0) is 9.47. The van der Waals surface area contributed by atoms with Crippen LogP contribution in [0.2, 0.25) is 0 Å². The van der Waals surface area contributed by atoms with Gasteiger partial charge in [0.2, 0.25) is 0 Å². The molecule has 1 aliphatic carbocycles. The Morgan fingerprint density at radius 1 is 1.54 bits per heavy atom. The minimum absolute atomic E-state index is 0.117. The molecule has 0 saturated carbocycles. The van der Waals surface area contributed by atoms with E-state index in [9.17, 15) is 0 Å². The summed E-state index contributed by atoms with van der Waals surface area (Å²) in [6, 6.07) is 2.20. The largest absolute Gasteiger partial charge is 0.468 e. The van der Waals surface area contributed by atoms with Crippen LogP contribution >= 0.6 is 0 Å². The molecule has 0 bridgehead atoms. The normalized spacial score (nSPS) is 19.2. The topological polar surface area (TPSA) is 36.9 Å². The molecule has 1 aromatic rings. The lowest BCUT2D eigenvalue weighted by Crippen LogP contribution is -2.23. The second kappa shape index (κ2) is 2.63. The van der Waals surface area contributed by atoms with Crippen molar-refractivity contribution in [1.82, 2.24) is 0 Å². The second-order valence-electron chi connectivity index (χ2n) is 4.30. The molecule has 0 atom stereocenters. The highest BCUT2D eigenvalue weighted by molar-refractivity contribution is 5.44. The van der Waals surface area contributed by atoms with Crippen LogP contribution in [0.4, 0.5) is 0 Å². The lowest BCUT2D eigenvalue weighted by molar-refractivity contribution is 0.387. The van der Waals surface area contributed by atoms with Crippen molar-refractivity contribution in [3.8, 4) is 6.07 Å². The van der Waals surface area contributed by atoms with Crippen LogP contribution in [0.25, 0.3) is 0 Å². The van der Waals surface area contributed by atoms with Crippen LogP contribution in [-0.4, -0.2) is 0 Å². The molecular weight excluding hydrogens is 162 g/mol. The number of nitrogens with zero attached hydrogens (tertiary/aromatic N) is 1.